The topological polar surface area (TPSA) is 49.4 Å². The van der Waals surface area contributed by atoms with Crippen LogP contribution in [0.4, 0.5) is 0 Å². The number of hydrogen-bond donors (Lipinski definition) is 1. The van der Waals surface area contributed by atoms with E-state index in [1.165, 1.54) is 0 Å². The summed E-state index contributed by atoms with van der Waals surface area (Å²) in [5.74, 6) is 0.507. The highest BCUT2D eigenvalue weighted by molar-refractivity contribution is 7.99. The van der Waals surface area contributed by atoms with Crippen LogP contribution in [0, 0.1) is 0 Å². The molecule has 0 aliphatic rings. The molecule has 0 aliphatic carbocycles. The molecule has 156 valence electrons. The number of carbonyl (C=O) groups is 2. The van der Waals surface area contributed by atoms with E-state index in [-0.39, 0.29) is 17.9 Å². The zero-order valence-corrected chi connectivity index (χ0v) is 18.8. The van der Waals surface area contributed by atoms with Crippen LogP contribution >= 0.6 is 23.4 Å². The molecule has 4 nitrogen and oxygen atoms in total. The van der Waals surface area contributed by atoms with Crippen molar-refractivity contribution in [1.82, 2.24) is 10.2 Å². The highest BCUT2D eigenvalue weighted by atomic mass is 35.5. The third-order valence-corrected chi connectivity index (χ3v) is 6.03. The average Bonchev–Trinajstić information content (AvgIpc) is 2.73. The molecule has 0 aromatic heterocycles. The minimum Gasteiger partial charge on any atom is -0.352 e. The molecule has 2 aromatic rings. The molecule has 2 unspecified atom stereocenters. The Morgan fingerprint density at radius 1 is 1.07 bits per heavy atom. The summed E-state index contributed by atoms with van der Waals surface area (Å²) in [6.07, 6.45) is 1.21. The molecule has 0 bridgehead atoms. The van der Waals surface area contributed by atoms with Gasteiger partial charge in [0.05, 0.1) is 0 Å². The maximum absolute atomic E-state index is 13.0. The fraction of sp³-hybridized carbons (Fsp3) is 0.391. The van der Waals surface area contributed by atoms with Crippen molar-refractivity contribution in [2.75, 3.05) is 5.75 Å². The van der Waals surface area contributed by atoms with Gasteiger partial charge in [-0.15, -0.1) is 11.8 Å². The van der Waals surface area contributed by atoms with E-state index in [4.69, 9.17) is 11.6 Å². The highest BCUT2D eigenvalue weighted by Gasteiger charge is 2.26. The van der Waals surface area contributed by atoms with E-state index in [9.17, 15) is 9.59 Å². The molecule has 29 heavy (non-hydrogen) atoms. The van der Waals surface area contributed by atoms with Crippen molar-refractivity contribution in [2.45, 2.75) is 57.1 Å². The summed E-state index contributed by atoms with van der Waals surface area (Å²) < 4.78 is 0. The van der Waals surface area contributed by atoms with Crippen molar-refractivity contribution in [3.63, 3.8) is 0 Å². The number of benzene rings is 2. The van der Waals surface area contributed by atoms with Crippen LogP contribution in [0.1, 0.15) is 39.2 Å². The second kappa shape index (κ2) is 11.9. The molecule has 0 radical (unpaired) electrons. The van der Waals surface area contributed by atoms with Gasteiger partial charge in [0.25, 0.3) is 0 Å². The first-order chi connectivity index (χ1) is 13.9. The molecule has 0 heterocycles. The van der Waals surface area contributed by atoms with Gasteiger partial charge >= 0.3 is 0 Å². The smallest absolute Gasteiger partial charge is 0.242 e. The van der Waals surface area contributed by atoms with E-state index in [1.807, 2.05) is 56.3 Å². The van der Waals surface area contributed by atoms with Gasteiger partial charge in [0, 0.05) is 34.7 Å². The van der Waals surface area contributed by atoms with E-state index < -0.39 is 6.04 Å². The third-order valence-electron chi connectivity index (χ3n) is 4.76. The lowest BCUT2D eigenvalue weighted by atomic mass is 10.1. The van der Waals surface area contributed by atoms with Crippen LogP contribution in [-0.4, -0.2) is 34.6 Å². The molecule has 0 aliphatic heterocycles. The largest absolute Gasteiger partial charge is 0.352 e. The molecule has 2 aromatic carbocycles. The van der Waals surface area contributed by atoms with E-state index in [0.29, 0.717) is 23.7 Å². The predicted octanol–water partition coefficient (Wildman–Crippen LogP) is 5.15. The predicted molar refractivity (Wildman–Crippen MR) is 121 cm³/mol. The van der Waals surface area contributed by atoms with Gasteiger partial charge in [-0.05, 0) is 50.1 Å². The quantitative estimate of drug-likeness (QED) is 0.528. The van der Waals surface area contributed by atoms with Gasteiger partial charge in [-0.2, -0.15) is 0 Å². The lowest BCUT2D eigenvalue weighted by Gasteiger charge is -2.29. The second-order valence-corrected chi connectivity index (χ2v) is 8.66. The molecular formula is C23H29ClN2O2S. The Labute approximate surface area is 183 Å². The summed E-state index contributed by atoms with van der Waals surface area (Å²) in [4.78, 5) is 28.5. The van der Waals surface area contributed by atoms with Crippen molar-refractivity contribution in [3.8, 4) is 0 Å². The maximum Gasteiger partial charge on any atom is 0.242 e. The Morgan fingerprint density at radius 3 is 2.34 bits per heavy atom. The Bertz CT molecular complexity index is 783. The van der Waals surface area contributed by atoms with E-state index in [2.05, 4.69) is 5.32 Å². The number of nitrogens with zero attached hydrogens (tertiary/aromatic N) is 1. The summed E-state index contributed by atoms with van der Waals surface area (Å²) in [5.41, 5.74) is 0.946. The van der Waals surface area contributed by atoms with E-state index >= 15 is 0 Å². The van der Waals surface area contributed by atoms with E-state index in [0.717, 1.165) is 16.9 Å². The summed E-state index contributed by atoms with van der Waals surface area (Å²) in [6, 6.07) is 16.9. The zero-order chi connectivity index (χ0) is 21.2. The molecule has 0 spiro atoms. The van der Waals surface area contributed by atoms with Crippen LogP contribution < -0.4 is 5.32 Å². The fourth-order valence-electron chi connectivity index (χ4n) is 2.75. The molecule has 2 amide bonds. The van der Waals surface area contributed by atoms with Crippen LogP contribution in [0.5, 0.6) is 0 Å². The maximum atomic E-state index is 13.0. The number of carbonyl (C=O) groups excluding carboxylic acids is 2. The summed E-state index contributed by atoms with van der Waals surface area (Å²) in [7, 11) is 0. The minimum absolute atomic E-state index is 0.0322. The average molecular weight is 433 g/mol. The molecule has 1 N–H and O–H groups in total. The van der Waals surface area contributed by atoms with Gasteiger partial charge < -0.3 is 10.2 Å². The summed E-state index contributed by atoms with van der Waals surface area (Å²) in [5, 5.41) is 3.63. The third kappa shape index (κ3) is 7.75. The SMILES string of the molecule is CCC(C)NC(=O)C(C)N(Cc1ccc(Cl)cc1)C(=O)CCSc1ccccc1. The highest BCUT2D eigenvalue weighted by Crippen LogP contribution is 2.20. The fourth-order valence-corrected chi connectivity index (χ4v) is 3.74. The Kier molecular flexibility index (Phi) is 9.55. The van der Waals surface area contributed by atoms with Crippen LogP contribution in [0.2, 0.25) is 5.02 Å². The summed E-state index contributed by atoms with van der Waals surface area (Å²) in [6.45, 7) is 6.15. The van der Waals surface area contributed by atoms with Crippen molar-refractivity contribution < 1.29 is 9.59 Å². The van der Waals surface area contributed by atoms with Gasteiger partial charge in [0.1, 0.15) is 6.04 Å². The van der Waals surface area contributed by atoms with Crippen LogP contribution in [0.3, 0.4) is 0 Å². The number of thioether (sulfide) groups is 1. The first-order valence-corrected chi connectivity index (χ1v) is 11.3. The standard InChI is InChI=1S/C23H29ClN2O2S/c1-4-17(2)25-23(28)18(3)26(16-19-10-12-20(24)13-11-19)22(27)14-15-29-21-8-6-5-7-9-21/h5-13,17-18H,4,14-16H2,1-3H3,(H,25,28). The van der Waals surface area contributed by atoms with E-state index in [1.54, 1.807) is 35.7 Å². The van der Waals surface area contributed by atoms with Gasteiger partial charge in [-0.25, -0.2) is 0 Å². The number of rotatable bonds is 10. The second-order valence-electron chi connectivity index (χ2n) is 7.05. The summed E-state index contributed by atoms with van der Waals surface area (Å²) >= 11 is 7.62. The first-order valence-electron chi connectivity index (χ1n) is 9.92. The van der Waals surface area contributed by atoms with Crippen molar-refractivity contribution >= 4 is 35.2 Å². The van der Waals surface area contributed by atoms with Gasteiger partial charge in [0.15, 0.2) is 0 Å². The van der Waals surface area contributed by atoms with Crippen LogP contribution in [0.15, 0.2) is 59.5 Å². The number of amides is 2. The van der Waals surface area contributed by atoms with Crippen molar-refractivity contribution in [1.29, 1.82) is 0 Å². The minimum atomic E-state index is -0.547. The normalized spacial score (nSPS) is 12.8. The number of halogens is 1. The zero-order valence-electron chi connectivity index (χ0n) is 17.2. The molecule has 0 saturated carbocycles. The van der Waals surface area contributed by atoms with Crippen molar-refractivity contribution in [2.24, 2.45) is 0 Å². The monoisotopic (exact) mass is 432 g/mol. The number of hydrogen-bond acceptors (Lipinski definition) is 3. The van der Waals surface area contributed by atoms with Crippen molar-refractivity contribution in [3.05, 3.63) is 65.2 Å². The van der Waals surface area contributed by atoms with Crippen LogP contribution in [-0.2, 0) is 16.1 Å². The Hall–Kier alpha value is -1.98. The number of nitrogens with one attached hydrogen (secondary N) is 1. The van der Waals surface area contributed by atoms with Crippen LogP contribution in [0.25, 0.3) is 0 Å². The molecule has 0 saturated heterocycles. The molecule has 0 fully saturated rings. The lowest BCUT2D eigenvalue weighted by Crippen LogP contribution is -2.49. The molecule has 2 rings (SSSR count). The first kappa shape index (κ1) is 23.3. The lowest BCUT2D eigenvalue weighted by molar-refractivity contribution is -0.140. The Balaban J connectivity index is 2.06. The molecule has 6 heteroatoms. The molecule has 2 atom stereocenters. The molecular weight excluding hydrogens is 404 g/mol. The van der Waals surface area contributed by atoms with Gasteiger partial charge in [0.2, 0.25) is 11.8 Å². The Morgan fingerprint density at radius 2 is 1.72 bits per heavy atom. The van der Waals surface area contributed by atoms with Gasteiger partial charge in [-0.1, -0.05) is 48.9 Å². The van der Waals surface area contributed by atoms with Gasteiger partial charge in [-0.3, -0.25) is 9.59 Å².